The predicted molar refractivity (Wildman–Crippen MR) is 85.9 cm³/mol. The molecule has 0 radical (unpaired) electrons. The van der Waals surface area contributed by atoms with Gasteiger partial charge in [0.05, 0.1) is 5.56 Å². The van der Waals surface area contributed by atoms with Gasteiger partial charge in [-0.1, -0.05) is 19.6 Å². The van der Waals surface area contributed by atoms with Crippen molar-refractivity contribution in [3.63, 3.8) is 0 Å². The highest BCUT2D eigenvalue weighted by atomic mass is 19.1. The summed E-state index contributed by atoms with van der Waals surface area (Å²) >= 11 is 0. The minimum absolute atomic E-state index is 0.0169. The fourth-order valence-electron chi connectivity index (χ4n) is 2.55. The number of hydrogen-bond donors (Lipinski definition) is 1. The fourth-order valence-corrected chi connectivity index (χ4v) is 2.55. The highest BCUT2D eigenvalue weighted by Gasteiger charge is 2.27. The molecule has 1 aliphatic rings. The van der Waals surface area contributed by atoms with E-state index in [1.54, 1.807) is 4.90 Å². The van der Waals surface area contributed by atoms with Crippen molar-refractivity contribution < 1.29 is 23.0 Å². The lowest BCUT2D eigenvalue weighted by molar-refractivity contribution is 0.0697. The molecule has 0 bridgehead atoms. The second kappa shape index (κ2) is 8.63. The molecule has 5 nitrogen and oxygen atoms in total. The Balaban J connectivity index is 2.05. The van der Waals surface area contributed by atoms with E-state index in [9.17, 15) is 13.6 Å². The quantitative estimate of drug-likeness (QED) is 0.809. The lowest BCUT2D eigenvalue weighted by Gasteiger charge is -2.34. The average molecular weight is 340 g/mol. The Hall–Kier alpha value is -2.15. The minimum atomic E-state index is -0.864. The molecular formula is C17H22F2N2O3. The Morgan fingerprint density at radius 2 is 2.29 bits per heavy atom. The highest BCUT2D eigenvalue weighted by molar-refractivity contribution is 5.68. The second-order valence-corrected chi connectivity index (χ2v) is 5.45. The van der Waals surface area contributed by atoms with Crippen LogP contribution in [0.2, 0.25) is 0 Å². The number of hydrogen-bond acceptors (Lipinski definition) is 4. The molecule has 0 spiro atoms. The average Bonchev–Trinajstić information content (AvgIpc) is 2.60. The van der Waals surface area contributed by atoms with Gasteiger partial charge in [-0.05, 0) is 18.6 Å². The Kier molecular flexibility index (Phi) is 6.54. The molecule has 0 unspecified atom stereocenters. The first-order valence-corrected chi connectivity index (χ1v) is 7.93. The zero-order valence-corrected chi connectivity index (χ0v) is 13.7. The maximum absolute atomic E-state index is 14.3. The van der Waals surface area contributed by atoms with Crippen molar-refractivity contribution in [1.29, 1.82) is 0 Å². The lowest BCUT2D eigenvalue weighted by Crippen LogP contribution is -2.53. The van der Waals surface area contributed by atoms with Gasteiger partial charge in [-0.15, -0.1) is 0 Å². The minimum Gasteiger partial charge on any atom is -0.486 e. The SMILES string of the molecule is C=CCOc1ccc(F)c(COC(=O)N2CCNC[C@H]2CC)c1F. The molecule has 24 heavy (non-hydrogen) atoms. The molecule has 132 valence electrons. The molecule has 1 N–H and O–H groups in total. The topological polar surface area (TPSA) is 50.8 Å². The van der Waals surface area contributed by atoms with Gasteiger partial charge >= 0.3 is 6.09 Å². The smallest absolute Gasteiger partial charge is 0.410 e. The van der Waals surface area contributed by atoms with Crippen molar-refractivity contribution in [3.05, 3.63) is 42.0 Å². The van der Waals surface area contributed by atoms with E-state index in [1.807, 2.05) is 6.92 Å². The summed E-state index contributed by atoms with van der Waals surface area (Å²) in [5, 5.41) is 3.20. The van der Waals surface area contributed by atoms with Gasteiger partial charge in [-0.3, -0.25) is 0 Å². The van der Waals surface area contributed by atoms with Crippen LogP contribution in [0, 0.1) is 11.6 Å². The Labute approximate surface area is 140 Å². The first-order valence-electron chi connectivity index (χ1n) is 7.93. The summed E-state index contributed by atoms with van der Waals surface area (Å²) in [4.78, 5) is 13.8. The molecule has 1 aliphatic heterocycles. The summed E-state index contributed by atoms with van der Waals surface area (Å²) in [5.41, 5.74) is -0.326. The Bertz CT molecular complexity index is 595. The summed E-state index contributed by atoms with van der Waals surface area (Å²) in [5.74, 6) is -1.74. The van der Waals surface area contributed by atoms with E-state index in [-0.39, 0.29) is 24.0 Å². The van der Waals surface area contributed by atoms with Gasteiger partial charge in [0.1, 0.15) is 19.0 Å². The summed E-state index contributed by atoms with van der Waals surface area (Å²) < 4.78 is 38.4. The lowest BCUT2D eigenvalue weighted by atomic mass is 10.1. The summed E-state index contributed by atoms with van der Waals surface area (Å²) in [6.07, 6.45) is 1.66. The zero-order valence-electron chi connectivity index (χ0n) is 13.7. The van der Waals surface area contributed by atoms with Gasteiger partial charge < -0.3 is 19.7 Å². The van der Waals surface area contributed by atoms with Crippen LogP contribution in [0.1, 0.15) is 18.9 Å². The maximum Gasteiger partial charge on any atom is 0.410 e. The van der Waals surface area contributed by atoms with Crippen LogP contribution in [0.3, 0.4) is 0 Å². The fraction of sp³-hybridized carbons (Fsp3) is 0.471. The van der Waals surface area contributed by atoms with Crippen LogP contribution >= 0.6 is 0 Å². The van der Waals surface area contributed by atoms with Crippen LogP contribution in [-0.2, 0) is 11.3 Å². The van der Waals surface area contributed by atoms with Crippen LogP contribution in [0.5, 0.6) is 5.75 Å². The number of halogens is 2. The third-order valence-electron chi connectivity index (χ3n) is 3.90. The third-order valence-corrected chi connectivity index (χ3v) is 3.90. The van der Waals surface area contributed by atoms with E-state index in [4.69, 9.17) is 9.47 Å². The van der Waals surface area contributed by atoms with Crippen molar-refractivity contribution in [2.45, 2.75) is 26.0 Å². The van der Waals surface area contributed by atoms with E-state index in [2.05, 4.69) is 11.9 Å². The number of nitrogens with one attached hydrogen (secondary N) is 1. The van der Waals surface area contributed by atoms with Gasteiger partial charge in [0.2, 0.25) is 0 Å². The molecule has 1 aromatic carbocycles. The number of piperazine rings is 1. The van der Waals surface area contributed by atoms with Crippen LogP contribution < -0.4 is 10.1 Å². The number of nitrogens with zero attached hydrogens (tertiary/aromatic N) is 1. The van der Waals surface area contributed by atoms with Crippen LogP contribution in [0.15, 0.2) is 24.8 Å². The highest BCUT2D eigenvalue weighted by Crippen LogP contribution is 2.24. The van der Waals surface area contributed by atoms with E-state index in [0.717, 1.165) is 12.5 Å². The van der Waals surface area contributed by atoms with Crippen molar-refractivity contribution in [2.75, 3.05) is 26.2 Å². The number of carbonyl (C=O) groups is 1. The molecule has 1 atom stereocenters. The molecule has 1 fully saturated rings. The van der Waals surface area contributed by atoms with Crippen LogP contribution in [-0.4, -0.2) is 43.3 Å². The molecule has 2 rings (SSSR count). The molecule has 0 aromatic heterocycles. The van der Waals surface area contributed by atoms with Gasteiger partial charge in [0.15, 0.2) is 11.6 Å². The second-order valence-electron chi connectivity index (χ2n) is 5.45. The van der Waals surface area contributed by atoms with Crippen LogP contribution in [0.25, 0.3) is 0 Å². The normalized spacial score (nSPS) is 17.5. The third kappa shape index (κ3) is 4.23. The van der Waals surface area contributed by atoms with Crippen molar-refractivity contribution >= 4 is 6.09 Å². The Morgan fingerprint density at radius 3 is 3.00 bits per heavy atom. The zero-order chi connectivity index (χ0) is 17.5. The molecular weight excluding hydrogens is 318 g/mol. The maximum atomic E-state index is 14.3. The first kappa shape index (κ1) is 18.2. The molecule has 7 heteroatoms. The van der Waals surface area contributed by atoms with Crippen LogP contribution in [0.4, 0.5) is 13.6 Å². The largest absolute Gasteiger partial charge is 0.486 e. The van der Waals surface area contributed by atoms with E-state index >= 15 is 0 Å². The van der Waals surface area contributed by atoms with Crippen molar-refractivity contribution in [2.24, 2.45) is 0 Å². The van der Waals surface area contributed by atoms with E-state index in [0.29, 0.717) is 19.6 Å². The van der Waals surface area contributed by atoms with Gasteiger partial charge in [0.25, 0.3) is 0 Å². The molecule has 1 saturated heterocycles. The molecule has 0 aliphatic carbocycles. The first-order chi connectivity index (χ1) is 11.6. The number of amides is 1. The van der Waals surface area contributed by atoms with Gasteiger partial charge in [0, 0.05) is 25.7 Å². The number of benzene rings is 1. The molecule has 1 aromatic rings. The standard InChI is InChI=1S/C17H22F2N2O3/c1-3-9-23-15-6-5-14(18)13(16(15)19)11-24-17(22)21-8-7-20-10-12(21)4-2/h3,5-6,12,20H,1,4,7-11H2,2H3/t12-/m1/s1. The van der Waals surface area contributed by atoms with E-state index in [1.165, 1.54) is 12.1 Å². The summed E-state index contributed by atoms with van der Waals surface area (Å²) in [7, 11) is 0. The number of rotatable bonds is 6. The van der Waals surface area contributed by atoms with Crippen molar-refractivity contribution in [1.82, 2.24) is 10.2 Å². The van der Waals surface area contributed by atoms with Gasteiger partial charge in [-0.25, -0.2) is 13.6 Å². The molecule has 1 heterocycles. The predicted octanol–water partition coefficient (Wildman–Crippen LogP) is 2.85. The van der Waals surface area contributed by atoms with Crippen molar-refractivity contribution in [3.8, 4) is 5.75 Å². The number of ether oxygens (including phenoxy) is 2. The Morgan fingerprint density at radius 1 is 1.50 bits per heavy atom. The van der Waals surface area contributed by atoms with E-state index < -0.39 is 24.3 Å². The van der Waals surface area contributed by atoms with Gasteiger partial charge in [-0.2, -0.15) is 0 Å². The monoisotopic (exact) mass is 340 g/mol. The molecule has 0 saturated carbocycles. The number of carbonyl (C=O) groups excluding carboxylic acids is 1. The summed E-state index contributed by atoms with van der Waals surface area (Å²) in [6.45, 7) is 6.90. The molecule has 1 amide bonds. The summed E-state index contributed by atoms with van der Waals surface area (Å²) in [6, 6.07) is 2.30.